The summed E-state index contributed by atoms with van der Waals surface area (Å²) in [5.74, 6) is 0.708. The first-order valence-corrected chi connectivity index (χ1v) is 10.1. The summed E-state index contributed by atoms with van der Waals surface area (Å²) >= 11 is 1.70. The van der Waals surface area contributed by atoms with Gasteiger partial charge in [0, 0.05) is 50.3 Å². The van der Waals surface area contributed by atoms with E-state index in [0.29, 0.717) is 12.0 Å². The van der Waals surface area contributed by atoms with Crippen LogP contribution < -0.4 is 10.6 Å². The third kappa shape index (κ3) is 4.60. The Hall–Kier alpha value is -1.34. The molecule has 3 rings (SSSR count). The van der Waals surface area contributed by atoms with E-state index < -0.39 is 0 Å². The average Bonchev–Trinajstić information content (AvgIpc) is 3.17. The zero-order valence-electron chi connectivity index (χ0n) is 14.7. The van der Waals surface area contributed by atoms with Crippen molar-refractivity contribution < 1.29 is 0 Å². The van der Waals surface area contributed by atoms with E-state index in [1.807, 2.05) is 11.6 Å². The summed E-state index contributed by atoms with van der Waals surface area (Å²) in [4.78, 5) is 16.1. The van der Waals surface area contributed by atoms with E-state index >= 15 is 0 Å². The Bertz CT molecular complexity index is 503. The van der Waals surface area contributed by atoms with Gasteiger partial charge in [0.25, 0.3) is 0 Å². The molecule has 0 bridgehead atoms. The number of likely N-dealkylation sites (tertiary alicyclic amines) is 1. The fraction of sp³-hybridized carbons (Fsp3) is 0.765. The summed E-state index contributed by atoms with van der Waals surface area (Å²) < 4.78 is 0. The molecule has 0 aromatic carbocycles. The zero-order chi connectivity index (χ0) is 16.8. The number of aliphatic imine (C=N–C) groups is 1. The highest BCUT2D eigenvalue weighted by Gasteiger charge is 2.20. The fourth-order valence-corrected chi connectivity index (χ4v) is 4.20. The minimum Gasteiger partial charge on any atom is -0.370 e. The van der Waals surface area contributed by atoms with Crippen LogP contribution in [0, 0.1) is 0 Å². The van der Waals surface area contributed by atoms with Crippen LogP contribution in [0.4, 0.5) is 5.13 Å². The van der Waals surface area contributed by atoms with Gasteiger partial charge < -0.3 is 20.4 Å². The van der Waals surface area contributed by atoms with Crippen LogP contribution in [-0.4, -0.2) is 72.6 Å². The summed E-state index contributed by atoms with van der Waals surface area (Å²) in [5, 5.41) is 3.14. The number of anilines is 1. The number of nitrogens with two attached hydrogens (primary N) is 1. The molecule has 0 spiro atoms. The van der Waals surface area contributed by atoms with E-state index in [1.165, 1.54) is 32.4 Å². The molecule has 2 N–H and O–H groups in total. The van der Waals surface area contributed by atoms with Gasteiger partial charge in [-0.05, 0) is 39.3 Å². The van der Waals surface area contributed by atoms with Crippen LogP contribution in [0.25, 0.3) is 0 Å². The Morgan fingerprint density at radius 3 is 2.62 bits per heavy atom. The Kier molecular flexibility index (Phi) is 6.31. The smallest absolute Gasteiger partial charge is 0.191 e. The maximum Gasteiger partial charge on any atom is 0.191 e. The average molecular weight is 351 g/mol. The molecule has 1 unspecified atom stereocenters. The molecular formula is C17H30N6S. The van der Waals surface area contributed by atoms with Crippen molar-refractivity contribution in [2.45, 2.75) is 38.6 Å². The molecule has 1 aromatic heterocycles. The molecule has 134 valence electrons. The van der Waals surface area contributed by atoms with Gasteiger partial charge in [0.15, 0.2) is 11.1 Å². The predicted octanol–water partition coefficient (Wildman–Crippen LogP) is 1.84. The normalized spacial score (nSPS) is 22.0. The number of rotatable bonds is 5. The largest absolute Gasteiger partial charge is 0.370 e. The van der Waals surface area contributed by atoms with Crippen molar-refractivity contribution >= 4 is 22.4 Å². The lowest BCUT2D eigenvalue weighted by Gasteiger charge is -2.35. The molecule has 6 nitrogen and oxygen atoms in total. The van der Waals surface area contributed by atoms with Crippen LogP contribution in [0.1, 0.15) is 32.6 Å². The molecule has 0 aliphatic carbocycles. The lowest BCUT2D eigenvalue weighted by atomic mass is 10.1. The predicted molar refractivity (Wildman–Crippen MR) is 102 cm³/mol. The number of hydrogen-bond acceptors (Lipinski definition) is 5. The number of nitrogens with zero attached hydrogens (tertiary/aromatic N) is 5. The maximum absolute atomic E-state index is 6.21. The highest BCUT2D eigenvalue weighted by Crippen LogP contribution is 2.19. The van der Waals surface area contributed by atoms with Crippen LogP contribution in [0.3, 0.4) is 0 Å². The topological polar surface area (TPSA) is 61.0 Å². The molecule has 2 aliphatic heterocycles. The Morgan fingerprint density at radius 1 is 1.21 bits per heavy atom. The van der Waals surface area contributed by atoms with Gasteiger partial charge in [-0.2, -0.15) is 0 Å². The lowest BCUT2D eigenvalue weighted by Crippen LogP contribution is -2.51. The van der Waals surface area contributed by atoms with Crippen molar-refractivity contribution in [3.8, 4) is 0 Å². The van der Waals surface area contributed by atoms with Gasteiger partial charge in [-0.1, -0.05) is 6.42 Å². The zero-order valence-corrected chi connectivity index (χ0v) is 15.5. The third-order valence-electron chi connectivity index (χ3n) is 5.13. The van der Waals surface area contributed by atoms with Gasteiger partial charge in [-0.15, -0.1) is 11.3 Å². The van der Waals surface area contributed by atoms with E-state index in [2.05, 4.69) is 31.6 Å². The van der Waals surface area contributed by atoms with Gasteiger partial charge >= 0.3 is 0 Å². The number of piperidine rings is 1. The van der Waals surface area contributed by atoms with E-state index in [1.54, 1.807) is 11.3 Å². The molecule has 2 aliphatic rings. The van der Waals surface area contributed by atoms with Crippen molar-refractivity contribution in [2.75, 3.05) is 50.7 Å². The first-order chi connectivity index (χ1) is 11.7. The van der Waals surface area contributed by atoms with Gasteiger partial charge in [0.2, 0.25) is 0 Å². The van der Waals surface area contributed by atoms with Crippen LogP contribution in [-0.2, 0) is 0 Å². The highest BCUT2D eigenvalue weighted by molar-refractivity contribution is 7.13. The van der Waals surface area contributed by atoms with Crippen LogP contribution in [0.15, 0.2) is 16.6 Å². The van der Waals surface area contributed by atoms with E-state index in [4.69, 9.17) is 5.73 Å². The fourth-order valence-electron chi connectivity index (χ4n) is 3.51. The highest BCUT2D eigenvalue weighted by atomic mass is 32.1. The van der Waals surface area contributed by atoms with E-state index in [0.717, 1.165) is 44.3 Å². The second kappa shape index (κ2) is 8.67. The molecule has 3 heterocycles. The summed E-state index contributed by atoms with van der Waals surface area (Å²) in [7, 11) is 0. The molecule has 1 aromatic rings. The van der Waals surface area contributed by atoms with Crippen LogP contribution >= 0.6 is 11.3 Å². The number of guanidine groups is 1. The Labute approximate surface area is 149 Å². The molecule has 7 heteroatoms. The number of hydrogen-bond donors (Lipinski definition) is 1. The van der Waals surface area contributed by atoms with Crippen molar-refractivity contribution in [3.05, 3.63) is 11.6 Å². The minimum atomic E-state index is 0.614. The molecular weight excluding hydrogens is 320 g/mol. The first kappa shape index (κ1) is 17.5. The minimum absolute atomic E-state index is 0.614. The summed E-state index contributed by atoms with van der Waals surface area (Å²) in [6.45, 7) is 9.44. The summed E-state index contributed by atoms with van der Waals surface area (Å²) in [6, 6.07) is 0.614. The standard InChI is InChI=1S/C17H30N6S/c1-15(21-8-3-2-4-9-21)5-6-19-16(18)22-10-12-23(13-11-22)17-20-7-14-24-17/h7,14-15H,2-6,8-13H2,1H3,(H2,18,19). The maximum atomic E-state index is 6.21. The summed E-state index contributed by atoms with van der Waals surface area (Å²) in [5.41, 5.74) is 6.21. The van der Waals surface area contributed by atoms with E-state index in [9.17, 15) is 0 Å². The van der Waals surface area contributed by atoms with Crippen molar-refractivity contribution in [2.24, 2.45) is 10.7 Å². The molecule has 0 radical (unpaired) electrons. The molecule has 2 saturated heterocycles. The number of piperazine rings is 1. The molecule has 2 fully saturated rings. The molecule has 0 saturated carbocycles. The Balaban J connectivity index is 1.40. The Morgan fingerprint density at radius 2 is 1.96 bits per heavy atom. The van der Waals surface area contributed by atoms with Gasteiger partial charge in [0.05, 0.1) is 0 Å². The van der Waals surface area contributed by atoms with Gasteiger partial charge in [-0.3, -0.25) is 4.99 Å². The molecule has 0 amide bonds. The van der Waals surface area contributed by atoms with Crippen molar-refractivity contribution in [1.82, 2.24) is 14.8 Å². The van der Waals surface area contributed by atoms with Crippen molar-refractivity contribution in [1.29, 1.82) is 0 Å². The summed E-state index contributed by atoms with van der Waals surface area (Å²) in [6.07, 6.45) is 7.05. The second-order valence-electron chi connectivity index (χ2n) is 6.76. The second-order valence-corrected chi connectivity index (χ2v) is 7.64. The number of thiazole rings is 1. The SMILES string of the molecule is CC(CCN=C(N)N1CCN(c2nccs2)CC1)N1CCCCC1. The monoisotopic (exact) mass is 350 g/mol. The quantitative estimate of drug-likeness (QED) is 0.649. The first-order valence-electron chi connectivity index (χ1n) is 9.17. The van der Waals surface area contributed by atoms with Gasteiger partial charge in [0.1, 0.15) is 0 Å². The van der Waals surface area contributed by atoms with Crippen LogP contribution in [0.5, 0.6) is 0 Å². The van der Waals surface area contributed by atoms with E-state index in [-0.39, 0.29) is 0 Å². The van der Waals surface area contributed by atoms with Gasteiger partial charge in [-0.25, -0.2) is 4.98 Å². The molecule has 24 heavy (non-hydrogen) atoms. The van der Waals surface area contributed by atoms with Crippen molar-refractivity contribution in [3.63, 3.8) is 0 Å². The van der Waals surface area contributed by atoms with Crippen LogP contribution in [0.2, 0.25) is 0 Å². The lowest BCUT2D eigenvalue weighted by molar-refractivity contribution is 0.168. The number of aromatic nitrogens is 1. The third-order valence-corrected chi connectivity index (χ3v) is 5.96. The molecule has 1 atom stereocenters.